The van der Waals surface area contributed by atoms with Crippen LogP contribution in [0.2, 0.25) is 0 Å². The zero-order chi connectivity index (χ0) is 15.3. The van der Waals surface area contributed by atoms with Gasteiger partial charge < -0.3 is 8.83 Å². The maximum atomic E-state index is 11.8. The van der Waals surface area contributed by atoms with Gasteiger partial charge in [0, 0.05) is 22.4 Å². The van der Waals surface area contributed by atoms with Crippen molar-refractivity contribution in [1.29, 1.82) is 0 Å². The molecule has 22 heavy (non-hydrogen) atoms. The van der Waals surface area contributed by atoms with Crippen LogP contribution in [0.1, 0.15) is 11.1 Å². The van der Waals surface area contributed by atoms with Crippen LogP contribution < -0.4 is 5.63 Å². The van der Waals surface area contributed by atoms with E-state index in [4.69, 9.17) is 8.83 Å². The largest absolute Gasteiger partial charge is 0.456 e. The molecule has 4 aromatic rings. The van der Waals surface area contributed by atoms with Crippen molar-refractivity contribution in [3.05, 3.63) is 70.1 Å². The molecular formula is C19H14O3. The van der Waals surface area contributed by atoms with E-state index in [1.54, 1.807) is 0 Å². The zero-order valence-corrected chi connectivity index (χ0v) is 12.3. The smallest absolute Gasteiger partial charge is 0.336 e. The van der Waals surface area contributed by atoms with E-state index in [-0.39, 0.29) is 5.63 Å². The Labute approximate surface area is 126 Å². The van der Waals surface area contributed by atoms with Crippen molar-refractivity contribution in [2.24, 2.45) is 0 Å². The van der Waals surface area contributed by atoms with E-state index in [1.165, 1.54) is 11.6 Å². The molecule has 3 nitrogen and oxygen atoms in total. The fourth-order valence-corrected chi connectivity index (χ4v) is 2.77. The highest BCUT2D eigenvalue weighted by atomic mass is 16.4. The Balaban J connectivity index is 2.04. The summed E-state index contributed by atoms with van der Waals surface area (Å²) in [5.41, 5.74) is 4.01. The molecule has 0 spiro atoms. The highest BCUT2D eigenvalue weighted by Gasteiger charge is 2.12. The molecule has 0 bridgehead atoms. The number of hydrogen-bond donors (Lipinski definition) is 0. The van der Waals surface area contributed by atoms with Crippen LogP contribution in [0.3, 0.4) is 0 Å². The number of fused-ring (bicyclic) bond motifs is 2. The standard InChI is InChI=1S/C19H14O3/c1-11-4-6-16-13(7-11)9-18(21-16)15-10-19(20)22-17-8-12(2)3-5-14(15)17/h3-10H,1-2H3. The molecule has 0 N–H and O–H groups in total. The van der Waals surface area contributed by atoms with Crippen LogP contribution in [-0.4, -0.2) is 0 Å². The van der Waals surface area contributed by atoms with Crippen LogP contribution >= 0.6 is 0 Å². The lowest BCUT2D eigenvalue weighted by atomic mass is 10.1. The van der Waals surface area contributed by atoms with E-state index in [0.29, 0.717) is 11.3 Å². The van der Waals surface area contributed by atoms with Crippen LogP contribution in [0.25, 0.3) is 33.3 Å². The first-order chi connectivity index (χ1) is 10.6. The highest BCUT2D eigenvalue weighted by Crippen LogP contribution is 2.32. The second-order valence-corrected chi connectivity index (χ2v) is 5.63. The molecule has 0 amide bonds. The summed E-state index contributed by atoms with van der Waals surface area (Å²) >= 11 is 0. The molecule has 0 radical (unpaired) electrons. The Kier molecular flexibility index (Phi) is 2.70. The van der Waals surface area contributed by atoms with Gasteiger partial charge in [0.05, 0.1) is 0 Å². The Morgan fingerprint density at radius 2 is 1.55 bits per heavy atom. The third-order valence-corrected chi connectivity index (χ3v) is 3.84. The van der Waals surface area contributed by atoms with Crippen molar-refractivity contribution in [2.75, 3.05) is 0 Å². The van der Waals surface area contributed by atoms with E-state index in [2.05, 4.69) is 6.07 Å². The molecule has 4 rings (SSSR count). The van der Waals surface area contributed by atoms with Crippen molar-refractivity contribution >= 4 is 21.9 Å². The topological polar surface area (TPSA) is 43.4 Å². The zero-order valence-electron chi connectivity index (χ0n) is 12.3. The summed E-state index contributed by atoms with van der Waals surface area (Å²) in [6, 6.07) is 15.3. The fraction of sp³-hybridized carbons (Fsp3) is 0.105. The molecule has 0 saturated carbocycles. The quantitative estimate of drug-likeness (QED) is 0.472. The van der Waals surface area contributed by atoms with Gasteiger partial charge in [0.25, 0.3) is 0 Å². The minimum atomic E-state index is -0.371. The molecule has 3 heteroatoms. The average Bonchev–Trinajstić information content (AvgIpc) is 2.88. The van der Waals surface area contributed by atoms with Crippen molar-refractivity contribution < 1.29 is 8.83 Å². The van der Waals surface area contributed by atoms with Crippen LogP contribution in [0.5, 0.6) is 0 Å². The van der Waals surface area contributed by atoms with E-state index < -0.39 is 0 Å². The van der Waals surface area contributed by atoms with E-state index in [0.717, 1.165) is 27.5 Å². The number of rotatable bonds is 1. The molecule has 2 heterocycles. The minimum Gasteiger partial charge on any atom is -0.456 e. The SMILES string of the molecule is Cc1ccc2oc(-c3cc(=O)oc4cc(C)ccc34)cc2c1. The first kappa shape index (κ1) is 12.9. The van der Waals surface area contributed by atoms with Gasteiger partial charge in [-0.3, -0.25) is 0 Å². The third kappa shape index (κ3) is 2.02. The Hall–Kier alpha value is -2.81. The number of benzene rings is 2. The summed E-state index contributed by atoms with van der Waals surface area (Å²) in [4.78, 5) is 11.8. The maximum absolute atomic E-state index is 11.8. The van der Waals surface area contributed by atoms with Gasteiger partial charge in [-0.1, -0.05) is 23.8 Å². The van der Waals surface area contributed by atoms with Gasteiger partial charge in [-0.2, -0.15) is 0 Å². The van der Waals surface area contributed by atoms with Gasteiger partial charge in [-0.15, -0.1) is 0 Å². The molecule has 0 aliphatic heterocycles. The Bertz CT molecular complexity index is 1070. The van der Waals surface area contributed by atoms with Gasteiger partial charge in [0.15, 0.2) is 0 Å². The van der Waals surface area contributed by atoms with Gasteiger partial charge >= 0.3 is 5.63 Å². The average molecular weight is 290 g/mol. The second kappa shape index (κ2) is 4.60. The summed E-state index contributed by atoms with van der Waals surface area (Å²) in [7, 11) is 0. The molecule has 2 aromatic carbocycles. The van der Waals surface area contributed by atoms with Gasteiger partial charge in [0.2, 0.25) is 0 Å². The summed E-state index contributed by atoms with van der Waals surface area (Å²) in [6.07, 6.45) is 0. The molecule has 0 unspecified atom stereocenters. The molecule has 0 aliphatic rings. The molecule has 108 valence electrons. The lowest BCUT2D eigenvalue weighted by Crippen LogP contribution is -1.97. The van der Waals surface area contributed by atoms with Gasteiger partial charge in [-0.05, 0) is 43.7 Å². The first-order valence-electron chi connectivity index (χ1n) is 7.15. The van der Waals surface area contributed by atoms with E-state index in [9.17, 15) is 4.79 Å². The van der Waals surface area contributed by atoms with Crippen molar-refractivity contribution in [3.8, 4) is 11.3 Å². The molecule has 0 saturated heterocycles. The summed E-state index contributed by atoms with van der Waals surface area (Å²) < 4.78 is 11.2. The van der Waals surface area contributed by atoms with Crippen LogP contribution in [0.4, 0.5) is 0 Å². The molecule has 0 aliphatic carbocycles. The monoisotopic (exact) mass is 290 g/mol. The van der Waals surface area contributed by atoms with Crippen molar-refractivity contribution in [1.82, 2.24) is 0 Å². The van der Waals surface area contributed by atoms with Crippen molar-refractivity contribution in [2.45, 2.75) is 13.8 Å². The maximum Gasteiger partial charge on any atom is 0.336 e. The van der Waals surface area contributed by atoms with E-state index in [1.807, 2.05) is 50.2 Å². The summed E-state index contributed by atoms with van der Waals surface area (Å²) in [6.45, 7) is 4.01. The van der Waals surface area contributed by atoms with Crippen LogP contribution in [0, 0.1) is 13.8 Å². The summed E-state index contributed by atoms with van der Waals surface area (Å²) in [5.74, 6) is 0.683. The highest BCUT2D eigenvalue weighted by molar-refractivity contribution is 5.94. The number of aryl methyl sites for hydroxylation is 2. The predicted octanol–water partition coefficient (Wildman–Crippen LogP) is 4.82. The normalized spacial score (nSPS) is 11.4. The number of furan rings is 1. The predicted molar refractivity (Wildman–Crippen MR) is 87.2 cm³/mol. The lowest BCUT2D eigenvalue weighted by molar-refractivity contribution is 0.559. The Morgan fingerprint density at radius 1 is 0.773 bits per heavy atom. The third-order valence-electron chi connectivity index (χ3n) is 3.84. The molecule has 0 fully saturated rings. The number of hydrogen-bond acceptors (Lipinski definition) is 3. The molecule has 2 aromatic heterocycles. The van der Waals surface area contributed by atoms with Gasteiger partial charge in [0.1, 0.15) is 16.9 Å². The molecule has 0 atom stereocenters. The Morgan fingerprint density at radius 3 is 2.41 bits per heavy atom. The second-order valence-electron chi connectivity index (χ2n) is 5.63. The lowest BCUT2D eigenvalue weighted by Gasteiger charge is -2.03. The molecular weight excluding hydrogens is 276 g/mol. The minimum absolute atomic E-state index is 0.371. The van der Waals surface area contributed by atoms with Crippen LogP contribution in [0.15, 0.2) is 62.2 Å². The fourth-order valence-electron chi connectivity index (χ4n) is 2.77. The van der Waals surface area contributed by atoms with Crippen LogP contribution in [-0.2, 0) is 0 Å². The van der Waals surface area contributed by atoms with Crippen molar-refractivity contribution in [3.63, 3.8) is 0 Å². The first-order valence-corrected chi connectivity index (χ1v) is 7.15. The van der Waals surface area contributed by atoms with Gasteiger partial charge in [-0.25, -0.2) is 4.79 Å². The van der Waals surface area contributed by atoms with E-state index >= 15 is 0 Å². The summed E-state index contributed by atoms with van der Waals surface area (Å²) in [5, 5.41) is 1.91.